The van der Waals surface area contributed by atoms with Crippen LogP contribution in [0.2, 0.25) is 0 Å². The average Bonchev–Trinajstić information content (AvgIpc) is 3.16. The highest BCUT2D eigenvalue weighted by Gasteiger charge is 2.39. The first kappa shape index (κ1) is 20.0. The lowest BCUT2D eigenvalue weighted by molar-refractivity contribution is -0.130. The number of nitrogens with zero attached hydrogens (tertiary/aromatic N) is 2. The molecule has 1 amide bonds. The van der Waals surface area contributed by atoms with E-state index in [1.54, 1.807) is 6.92 Å². The maximum absolute atomic E-state index is 11.7. The number of likely N-dealkylation sites (tertiary alicyclic amines) is 2. The number of carbonyl (C=O) groups excluding carboxylic acids is 1. The van der Waals surface area contributed by atoms with Crippen molar-refractivity contribution in [2.75, 3.05) is 32.8 Å². The summed E-state index contributed by atoms with van der Waals surface area (Å²) in [6.45, 7) is 7.48. The fourth-order valence-corrected chi connectivity index (χ4v) is 5.03. The SMILES string of the molecule is CC(=O)N1CCC(C2CN(Cc3ccccc3)CC2COc2ccccc2)CC1. The Morgan fingerprint density at radius 2 is 1.62 bits per heavy atom. The van der Waals surface area contributed by atoms with Gasteiger partial charge in [0.15, 0.2) is 0 Å². The van der Waals surface area contributed by atoms with E-state index in [-0.39, 0.29) is 5.91 Å². The molecule has 4 heteroatoms. The molecule has 0 bridgehead atoms. The number of piperidine rings is 1. The molecule has 0 radical (unpaired) electrons. The second-order valence-electron chi connectivity index (χ2n) is 8.57. The van der Waals surface area contributed by atoms with Gasteiger partial charge in [-0.15, -0.1) is 0 Å². The largest absolute Gasteiger partial charge is 0.493 e. The Kier molecular flexibility index (Phi) is 6.50. The van der Waals surface area contributed by atoms with Gasteiger partial charge in [0.05, 0.1) is 6.61 Å². The lowest BCUT2D eigenvalue weighted by atomic mass is 9.78. The second-order valence-corrected chi connectivity index (χ2v) is 8.57. The van der Waals surface area contributed by atoms with Crippen LogP contribution in [-0.2, 0) is 11.3 Å². The number of hydrogen-bond acceptors (Lipinski definition) is 3. The van der Waals surface area contributed by atoms with E-state index in [1.807, 2.05) is 35.2 Å². The fraction of sp³-hybridized carbons (Fsp3) is 0.480. The van der Waals surface area contributed by atoms with Crippen molar-refractivity contribution >= 4 is 5.91 Å². The zero-order valence-electron chi connectivity index (χ0n) is 17.4. The Balaban J connectivity index is 1.41. The molecule has 2 heterocycles. The molecule has 0 spiro atoms. The smallest absolute Gasteiger partial charge is 0.219 e. The molecule has 2 aromatic rings. The summed E-state index contributed by atoms with van der Waals surface area (Å²) in [6, 6.07) is 20.9. The van der Waals surface area contributed by atoms with Gasteiger partial charge in [-0.1, -0.05) is 48.5 Å². The topological polar surface area (TPSA) is 32.8 Å². The van der Waals surface area contributed by atoms with E-state index in [4.69, 9.17) is 4.74 Å². The van der Waals surface area contributed by atoms with Crippen LogP contribution in [0.15, 0.2) is 60.7 Å². The van der Waals surface area contributed by atoms with Crippen LogP contribution in [-0.4, -0.2) is 48.5 Å². The molecule has 0 N–H and O–H groups in total. The van der Waals surface area contributed by atoms with Gasteiger partial charge in [-0.25, -0.2) is 0 Å². The van der Waals surface area contributed by atoms with E-state index in [0.29, 0.717) is 17.8 Å². The Labute approximate surface area is 174 Å². The summed E-state index contributed by atoms with van der Waals surface area (Å²) < 4.78 is 6.18. The number of ether oxygens (including phenoxy) is 1. The van der Waals surface area contributed by atoms with Crippen LogP contribution in [0.1, 0.15) is 25.3 Å². The number of hydrogen-bond donors (Lipinski definition) is 0. The predicted octanol–water partition coefficient (Wildman–Crippen LogP) is 4.07. The van der Waals surface area contributed by atoms with Crippen molar-refractivity contribution in [3.8, 4) is 5.75 Å². The quantitative estimate of drug-likeness (QED) is 0.743. The molecule has 2 aromatic carbocycles. The molecule has 2 saturated heterocycles. The van der Waals surface area contributed by atoms with Crippen molar-refractivity contribution in [1.82, 2.24) is 9.80 Å². The van der Waals surface area contributed by atoms with E-state index in [9.17, 15) is 4.79 Å². The molecule has 0 aliphatic carbocycles. The Hall–Kier alpha value is -2.33. The zero-order chi connectivity index (χ0) is 20.1. The van der Waals surface area contributed by atoms with Crippen molar-refractivity contribution in [1.29, 1.82) is 0 Å². The minimum atomic E-state index is 0.213. The molecular weight excluding hydrogens is 360 g/mol. The minimum Gasteiger partial charge on any atom is -0.493 e. The van der Waals surface area contributed by atoms with Gasteiger partial charge in [-0.2, -0.15) is 0 Å². The molecule has 4 rings (SSSR count). The van der Waals surface area contributed by atoms with Crippen LogP contribution in [0.25, 0.3) is 0 Å². The third-order valence-electron chi connectivity index (χ3n) is 6.61. The maximum Gasteiger partial charge on any atom is 0.219 e. The summed E-state index contributed by atoms with van der Waals surface area (Å²) >= 11 is 0. The highest BCUT2D eigenvalue weighted by molar-refractivity contribution is 5.73. The highest BCUT2D eigenvalue weighted by atomic mass is 16.5. The van der Waals surface area contributed by atoms with Crippen LogP contribution in [0, 0.1) is 17.8 Å². The Morgan fingerprint density at radius 1 is 0.966 bits per heavy atom. The number of amides is 1. The Bertz CT molecular complexity index is 772. The maximum atomic E-state index is 11.7. The third-order valence-corrected chi connectivity index (χ3v) is 6.61. The molecule has 2 unspecified atom stereocenters. The van der Waals surface area contributed by atoms with Gasteiger partial charge >= 0.3 is 0 Å². The molecule has 2 aliphatic rings. The first-order valence-corrected chi connectivity index (χ1v) is 10.9. The van der Waals surface area contributed by atoms with Crippen molar-refractivity contribution in [2.24, 2.45) is 17.8 Å². The molecular formula is C25H32N2O2. The molecule has 154 valence electrons. The van der Waals surface area contributed by atoms with E-state index >= 15 is 0 Å². The second kappa shape index (κ2) is 9.45. The molecule has 2 fully saturated rings. The van der Waals surface area contributed by atoms with Crippen molar-refractivity contribution < 1.29 is 9.53 Å². The molecule has 2 atom stereocenters. The molecule has 29 heavy (non-hydrogen) atoms. The van der Waals surface area contributed by atoms with Crippen molar-refractivity contribution in [2.45, 2.75) is 26.3 Å². The van der Waals surface area contributed by atoms with Crippen LogP contribution < -0.4 is 4.74 Å². The van der Waals surface area contributed by atoms with Crippen LogP contribution in [0.5, 0.6) is 5.75 Å². The van der Waals surface area contributed by atoms with E-state index in [0.717, 1.165) is 57.9 Å². The predicted molar refractivity (Wildman–Crippen MR) is 116 cm³/mol. The van der Waals surface area contributed by atoms with Gasteiger partial charge < -0.3 is 9.64 Å². The lowest BCUT2D eigenvalue weighted by Gasteiger charge is -2.36. The molecule has 0 saturated carbocycles. The van der Waals surface area contributed by atoms with Crippen LogP contribution >= 0.6 is 0 Å². The number of benzene rings is 2. The summed E-state index contributed by atoms with van der Waals surface area (Å²) in [5, 5.41) is 0. The zero-order valence-corrected chi connectivity index (χ0v) is 17.4. The number of carbonyl (C=O) groups is 1. The van der Waals surface area contributed by atoms with Gasteiger partial charge in [0, 0.05) is 45.6 Å². The van der Waals surface area contributed by atoms with Crippen molar-refractivity contribution in [3.63, 3.8) is 0 Å². The average molecular weight is 393 g/mol. The molecule has 0 aromatic heterocycles. The summed E-state index contributed by atoms with van der Waals surface area (Å²) in [7, 11) is 0. The summed E-state index contributed by atoms with van der Waals surface area (Å²) in [6.07, 6.45) is 2.23. The number of rotatable bonds is 6. The van der Waals surface area contributed by atoms with Gasteiger partial charge in [0.25, 0.3) is 0 Å². The minimum absolute atomic E-state index is 0.213. The van der Waals surface area contributed by atoms with Gasteiger partial charge in [-0.05, 0) is 42.4 Å². The number of para-hydroxylation sites is 1. The van der Waals surface area contributed by atoms with Gasteiger partial charge in [-0.3, -0.25) is 9.69 Å². The van der Waals surface area contributed by atoms with E-state index in [1.165, 1.54) is 5.56 Å². The fourth-order valence-electron chi connectivity index (χ4n) is 5.03. The first-order chi connectivity index (χ1) is 14.2. The lowest BCUT2D eigenvalue weighted by Crippen LogP contribution is -2.40. The van der Waals surface area contributed by atoms with E-state index < -0.39 is 0 Å². The van der Waals surface area contributed by atoms with Crippen LogP contribution in [0.3, 0.4) is 0 Å². The first-order valence-electron chi connectivity index (χ1n) is 10.9. The summed E-state index contributed by atoms with van der Waals surface area (Å²) in [5.41, 5.74) is 1.38. The van der Waals surface area contributed by atoms with Crippen LogP contribution in [0.4, 0.5) is 0 Å². The highest BCUT2D eigenvalue weighted by Crippen LogP contribution is 2.36. The summed E-state index contributed by atoms with van der Waals surface area (Å²) in [5.74, 6) is 3.02. The van der Waals surface area contributed by atoms with Crippen molar-refractivity contribution in [3.05, 3.63) is 66.2 Å². The monoisotopic (exact) mass is 392 g/mol. The molecule has 4 nitrogen and oxygen atoms in total. The third kappa shape index (κ3) is 5.18. The van der Waals surface area contributed by atoms with Gasteiger partial charge in [0.1, 0.15) is 5.75 Å². The summed E-state index contributed by atoms with van der Waals surface area (Å²) in [4.78, 5) is 16.3. The standard InChI is InChI=1S/C25H32N2O2/c1-20(28)27-14-12-22(13-15-27)25-18-26(16-21-8-4-2-5-9-21)17-23(25)19-29-24-10-6-3-7-11-24/h2-11,22-23,25H,12-19H2,1H3. The molecule has 2 aliphatic heterocycles. The Morgan fingerprint density at radius 3 is 2.28 bits per heavy atom. The van der Waals surface area contributed by atoms with E-state index in [2.05, 4.69) is 35.2 Å². The normalized spacial score (nSPS) is 23.3. The van der Waals surface area contributed by atoms with Gasteiger partial charge in [0.2, 0.25) is 5.91 Å².